The van der Waals surface area contributed by atoms with Crippen LogP contribution in [0.15, 0.2) is 54.6 Å². The molecule has 0 unspecified atom stereocenters. The number of carbonyl (C=O) groups is 1. The van der Waals surface area contributed by atoms with Crippen molar-refractivity contribution in [2.75, 3.05) is 41.4 Å². The van der Waals surface area contributed by atoms with E-state index in [-0.39, 0.29) is 18.9 Å². The molecule has 1 N–H and O–H groups in total. The smallest absolute Gasteiger partial charge is 0.232 e. The second-order valence-electron chi connectivity index (χ2n) is 5.91. The first-order valence-electron chi connectivity index (χ1n) is 7.87. The van der Waals surface area contributed by atoms with Crippen LogP contribution in [-0.4, -0.2) is 41.2 Å². The highest BCUT2D eigenvalue weighted by molar-refractivity contribution is 7.92. The number of amides is 1. The zero-order valence-electron chi connectivity index (χ0n) is 14.6. The van der Waals surface area contributed by atoms with Crippen LogP contribution in [0, 0.1) is 0 Å². The maximum absolute atomic E-state index is 12.2. The van der Waals surface area contributed by atoms with Crippen molar-refractivity contribution < 1.29 is 13.2 Å². The van der Waals surface area contributed by atoms with E-state index in [1.807, 2.05) is 49.3 Å². The Bertz CT molecular complexity index is 803. The third-order valence-electron chi connectivity index (χ3n) is 3.65. The van der Waals surface area contributed by atoms with Gasteiger partial charge in [-0.2, -0.15) is 0 Å². The van der Waals surface area contributed by atoms with Crippen LogP contribution in [0.5, 0.6) is 0 Å². The van der Waals surface area contributed by atoms with Gasteiger partial charge in [0, 0.05) is 38.4 Å². The predicted octanol–water partition coefficient (Wildman–Crippen LogP) is 2.55. The Kier molecular flexibility index (Phi) is 6.03. The van der Waals surface area contributed by atoms with Gasteiger partial charge in [-0.05, 0) is 36.4 Å². The fourth-order valence-electron chi connectivity index (χ4n) is 2.35. The average Bonchev–Trinajstić information content (AvgIpc) is 2.55. The van der Waals surface area contributed by atoms with Crippen molar-refractivity contribution in [2.45, 2.75) is 6.42 Å². The third-order valence-corrected chi connectivity index (χ3v) is 4.85. The van der Waals surface area contributed by atoms with Crippen molar-refractivity contribution in [3.05, 3.63) is 54.6 Å². The molecule has 2 rings (SSSR count). The van der Waals surface area contributed by atoms with Gasteiger partial charge in [0.05, 0.1) is 11.9 Å². The second kappa shape index (κ2) is 8.02. The third kappa shape index (κ3) is 5.49. The standard InChI is InChI=1S/C18H23N3O3S/c1-20(2)16-11-9-15(10-12-16)19-18(22)13-14-21(25(3,23)24)17-7-5-4-6-8-17/h4-12H,13-14H2,1-3H3,(H,19,22). The summed E-state index contributed by atoms with van der Waals surface area (Å²) in [5.41, 5.74) is 2.26. The first-order valence-corrected chi connectivity index (χ1v) is 9.72. The number of sulfonamides is 1. The van der Waals surface area contributed by atoms with E-state index in [9.17, 15) is 13.2 Å². The first-order chi connectivity index (χ1) is 11.8. The number of hydrogen-bond acceptors (Lipinski definition) is 4. The van der Waals surface area contributed by atoms with Crippen LogP contribution in [0.1, 0.15) is 6.42 Å². The van der Waals surface area contributed by atoms with Crippen LogP contribution in [0.25, 0.3) is 0 Å². The quantitative estimate of drug-likeness (QED) is 0.823. The van der Waals surface area contributed by atoms with Crippen molar-refractivity contribution in [2.24, 2.45) is 0 Å². The molecule has 0 spiro atoms. The molecular weight excluding hydrogens is 338 g/mol. The number of rotatable bonds is 7. The number of para-hydroxylation sites is 1. The van der Waals surface area contributed by atoms with Crippen LogP contribution in [0.3, 0.4) is 0 Å². The lowest BCUT2D eigenvalue weighted by atomic mass is 10.2. The molecule has 25 heavy (non-hydrogen) atoms. The molecule has 0 aliphatic rings. The van der Waals surface area contributed by atoms with Gasteiger partial charge < -0.3 is 10.2 Å². The Labute approximate surface area is 149 Å². The van der Waals surface area contributed by atoms with Crippen molar-refractivity contribution in [3.63, 3.8) is 0 Å². The second-order valence-corrected chi connectivity index (χ2v) is 7.82. The van der Waals surface area contributed by atoms with Crippen LogP contribution >= 0.6 is 0 Å². The molecule has 2 aromatic carbocycles. The molecule has 6 nitrogen and oxygen atoms in total. The summed E-state index contributed by atoms with van der Waals surface area (Å²) in [4.78, 5) is 14.1. The highest BCUT2D eigenvalue weighted by Gasteiger charge is 2.18. The molecule has 0 heterocycles. The number of benzene rings is 2. The highest BCUT2D eigenvalue weighted by atomic mass is 32.2. The Hall–Kier alpha value is -2.54. The SMILES string of the molecule is CN(C)c1ccc(NC(=O)CCN(c2ccccc2)S(C)(=O)=O)cc1. The lowest BCUT2D eigenvalue weighted by molar-refractivity contribution is -0.116. The minimum absolute atomic E-state index is 0.0669. The van der Waals surface area contributed by atoms with Gasteiger partial charge >= 0.3 is 0 Å². The summed E-state index contributed by atoms with van der Waals surface area (Å²) < 4.78 is 25.2. The number of nitrogens with one attached hydrogen (secondary N) is 1. The first kappa shape index (κ1) is 18.8. The number of hydrogen-bond donors (Lipinski definition) is 1. The van der Waals surface area contributed by atoms with E-state index in [1.54, 1.807) is 24.3 Å². The van der Waals surface area contributed by atoms with E-state index in [4.69, 9.17) is 0 Å². The normalized spacial score (nSPS) is 11.0. The number of carbonyl (C=O) groups excluding carboxylic acids is 1. The van der Waals surface area contributed by atoms with E-state index in [0.717, 1.165) is 11.9 Å². The summed E-state index contributed by atoms with van der Waals surface area (Å²) in [6.45, 7) is 0.0878. The van der Waals surface area contributed by atoms with Gasteiger partial charge in [-0.3, -0.25) is 9.10 Å². The molecule has 0 saturated heterocycles. The molecule has 1 amide bonds. The summed E-state index contributed by atoms with van der Waals surface area (Å²) in [6.07, 6.45) is 1.20. The molecule has 0 aliphatic carbocycles. The molecule has 0 bridgehead atoms. The zero-order valence-corrected chi connectivity index (χ0v) is 15.5. The zero-order chi connectivity index (χ0) is 18.4. The predicted molar refractivity (Wildman–Crippen MR) is 103 cm³/mol. The summed E-state index contributed by atoms with van der Waals surface area (Å²) in [7, 11) is 0.429. The van der Waals surface area contributed by atoms with Crippen LogP contribution in [0.4, 0.5) is 17.1 Å². The molecule has 0 fully saturated rings. The molecule has 0 aliphatic heterocycles. The Morgan fingerprint density at radius 1 is 0.960 bits per heavy atom. The summed E-state index contributed by atoms with van der Waals surface area (Å²) in [6, 6.07) is 16.2. The minimum Gasteiger partial charge on any atom is -0.378 e. The molecule has 2 aromatic rings. The van der Waals surface area contributed by atoms with Gasteiger partial charge in [-0.25, -0.2) is 8.42 Å². The van der Waals surface area contributed by atoms with Gasteiger partial charge in [0.25, 0.3) is 0 Å². The van der Waals surface area contributed by atoms with Crippen molar-refractivity contribution in [1.29, 1.82) is 0 Å². The molecule has 0 aromatic heterocycles. The van der Waals surface area contributed by atoms with E-state index in [2.05, 4.69) is 5.32 Å². The number of nitrogens with zero attached hydrogens (tertiary/aromatic N) is 2. The summed E-state index contributed by atoms with van der Waals surface area (Å²) >= 11 is 0. The lowest BCUT2D eigenvalue weighted by Crippen LogP contribution is -2.33. The topological polar surface area (TPSA) is 69.7 Å². The summed E-state index contributed by atoms with van der Waals surface area (Å²) in [5.74, 6) is -0.234. The average molecular weight is 361 g/mol. The fraction of sp³-hybridized carbons (Fsp3) is 0.278. The molecular formula is C18H23N3O3S. The Morgan fingerprint density at radius 2 is 1.56 bits per heavy atom. The van der Waals surface area contributed by atoms with Gasteiger partial charge in [0.15, 0.2) is 0 Å². The maximum atomic E-state index is 12.2. The van der Waals surface area contributed by atoms with E-state index in [0.29, 0.717) is 11.4 Å². The molecule has 0 atom stereocenters. The van der Waals surface area contributed by atoms with Crippen molar-refractivity contribution >= 4 is 33.0 Å². The van der Waals surface area contributed by atoms with Crippen LogP contribution in [-0.2, 0) is 14.8 Å². The van der Waals surface area contributed by atoms with E-state index >= 15 is 0 Å². The van der Waals surface area contributed by atoms with Gasteiger partial charge in [0.2, 0.25) is 15.9 Å². The van der Waals surface area contributed by atoms with Crippen molar-refractivity contribution in [1.82, 2.24) is 0 Å². The molecule has 7 heteroatoms. The van der Waals surface area contributed by atoms with E-state index < -0.39 is 10.0 Å². The highest BCUT2D eigenvalue weighted by Crippen LogP contribution is 2.18. The monoisotopic (exact) mass is 361 g/mol. The summed E-state index contributed by atoms with van der Waals surface area (Å²) in [5, 5.41) is 2.79. The lowest BCUT2D eigenvalue weighted by Gasteiger charge is -2.22. The van der Waals surface area contributed by atoms with Crippen LogP contribution < -0.4 is 14.5 Å². The van der Waals surface area contributed by atoms with Gasteiger partial charge in [-0.15, -0.1) is 0 Å². The van der Waals surface area contributed by atoms with Gasteiger partial charge in [-0.1, -0.05) is 18.2 Å². The Morgan fingerprint density at radius 3 is 2.08 bits per heavy atom. The van der Waals surface area contributed by atoms with E-state index in [1.165, 1.54) is 4.31 Å². The maximum Gasteiger partial charge on any atom is 0.232 e. The minimum atomic E-state index is -3.45. The molecule has 134 valence electrons. The van der Waals surface area contributed by atoms with Crippen LogP contribution in [0.2, 0.25) is 0 Å². The largest absolute Gasteiger partial charge is 0.378 e. The molecule has 0 radical (unpaired) electrons. The Balaban J connectivity index is 1.99. The van der Waals surface area contributed by atoms with Crippen molar-refractivity contribution in [3.8, 4) is 0 Å². The molecule has 0 saturated carbocycles. The number of anilines is 3. The fourth-order valence-corrected chi connectivity index (χ4v) is 3.28. The van der Waals surface area contributed by atoms with Gasteiger partial charge in [0.1, 0.15) is 0 Å².